The van der Waals surface area contributed by atoms with Gasteiger partial charge in [0.15, 0.2) is 0 Å². The highest BCUT2D eigenvalue weighted by molar-refractivity contribution is 5.61. The van der Waals surface area contributed by atoms with Gasteiger partial charge in [-0.05, 0) is 63.5 Å². The van der Waals surface area contributed by atoms with Crippen molar-refractivity contribution in [1.29, 1.82) is 0 Å². The fourth-order valence-electron chi connectivity index (χ4n) is 2.89. The van der Waals surface area contributed by atoms with Gasteiger partial charge in [0.2, 0.25) is 0 Å². The van der Waals surface area contributed by atoms with Crippen LogP contribution in [0.4, 0.5) is 5.69 Å². The molecule has 0 fully saturated rings. The predicted octanol–water partition coefficient (Wildman–Crippen LogP) is 2.45. The van der Waals surface area contributed by atoms with Gasteiger partial charge in [0.25, 0.3) is 0 Å². The lowest BCUT2D eigenvalue weighted by Gasteiger charge is -2.26. The molecule has 0 amide bonds. The van der Waals surface area contributed by atoms with Gasteiger partial charge in [-0.3, -0.25) is 0 Å². The van der Waals surface area contributed by atoms with E-state index in [4.69, 9.17) is 4.74 Å². The standard InChI is InChI=1S/C15H24N2O/c1-4-17-13(6-5-9-16-2)10-12-11-14(18-3)7-8-15(12)17/h7-8,11,13,16H,4-6,9-10H2,1-3H3. The highest BCUT2D eigenvalue weighted by atomic mass is 16.5. The Bertz CT molecular complexity index is 392. The first kappa shape index (κ1) is 13.2. The summed E-state index contributed by atoms with van der Waals surface area (Å²) in [7, 11) is 3.75. The highest BCUT2D eigenvalue weighted by Gasteiger charge is 2.27. The van der Waals surface area contributed by atoms with E-state index in [9.17, 15) is 0 Å². The van der Waals surface area contributed by atoms with Gasteiger partial charge in [0.1, 0.15) is 5.75 Å². The lowest BCUT2D eigenvalue weighted by molar-refractivity contribution is 0.414. The number of ether oxygens (including phenoxy) is 1. The third kappa shape index (κ3) is 2.61. The second-order valence-electron chi connectivity index (χ2n) is 4.88. The zero-order chi connectivity index (χ0) is 13.0. The molecule has 3 nitrogen and oxygen atoms in total. The molecule has 1 unspecified atom stereocenters. The molecule has 1 aliphatic rings. The van der Waals surface area contributed by atoms with E-state index in [1.807, 2.05) is 7.05 Å². The summed E-state index contributed by atoms with van der Waals surface area (Å²) in [6, 6.07) is 7.12. The van der Waals surface area contributed by atoms with Crippen molar-refractivity contribution in [3.05, 3.63) is 23.8 Å². The van der Waals surface area contributed by atoms with Crippen LogP contribution in [0.1, 0.15) is 25.3 Å². The van der Waals surface area contributed by atoms with Gasteiger partial charge in [-0.1, -0.05) is 0 Å². The average Bonchev–Trinajstić information content (AvgIpc) is 2.75. The Labute approximate surface area is 110 Å². The van der Waals surface area contributed by atoms with Gasteiger partial charge in [0.05, 0.1) is 7.11 Å². The average molecular weight is 248 g/mol. The lowest BCUT2D eigenvalue weighted by atomic mass is 10.1. The Morgan fingerprint density at radius 1 is 1.44 bits per heavy atom. The topological polar surface area (TPSA) is 24.5 Å². The summed E-state index contributed by atoms with van der Waals surface area (Å²) >= 11 is 0. The van der Waals surface area contributed by atoms with Crippen molar-refractivity contribution in [2.24, 2.45) is 0 Å². The van der Waals surface area contributed by atoms with Crippen LogP contribution in [0.25, 0.3) is 0 Å². The van der Waals surface area contributed by atoms with Crippen molar-refractivity contribution in [2.75, 3.05) is 32.1 Å². The molecule has 0 aliphatic carbocycles. The van der Waals surface area contributed by atoms with Crippen molar-refractivity contribution in [2.45, 2.75) is 32.2 Å². The van der Waals surface area contributed by atoms with E-state index in [0.717, 1.165) is 25.3 Å². The van der Waals surface area contributed by atoms with Gasteiger partial charge < -0.3 is 15.0 Å². The molecule has 1 aromatic rings. The summed E-state index contributed by atoms with van der Waals surface area (Å²) in [5, 5.41) is 3.23. The first-order valence-corrected chi connectivity index (χ1v) is 6.88. The summed E-state index contributed by atoms with van der Waals surface area (Å²) < 4.78 is 5.31. The Morgan fingerprint density at radius 2 is 2.28 bits per heavy atom. The molecular formula is C15H24N2O. The normalized spacial score (nSPS) is 17.9. The van der Waals surface area contributed by atoms with Crippen molar-refractivity contribution in [3.8, 4) is 5.75 Å². The fraction of sp³-hybridized carbons (Fsp3) is 0.600. The molecule has 1 atom stereocenters. The predicted molar refractivity (Wildman–Crippen MR) is 76.7 cm³/mol. The molecule has 100 valence electrons. The molecule has 0 radical (unpaired) electrons. The monoisotopic (exact) mass is 248 g/mol. The van der Waals surface area contributed by atoms with Gasteiger partial charge in [0, 0.05) is 18.3 Å². The van der Waals surface area contributed by atoms with Crippen LogP contribution in [0.15, 0.2) is 18.2 Å². The Kier molecular flexibility index (Phi) is 4.48. The van der Waals surface area contributed by atoms with E-state index in [0.29, 0.717) is 6.04 Å². The fourth-order valence-corrected chi connectivity index (χ4v) is 2.89. The van der Waals surface area contributed by atoms with Crippen LogP contribution >= 0.6 is 0 Å². The molecule has 0 saturated heterocycles. The number of nitrogens with one attached hydrogen (secondary N) is 1. The molecule has 0 bridgehead atoms. The Morgan fingerprint density at radius 3 is 2.94 bits per heavy atom. The summed E-state index contributed by atoms with van der Waals surface area (Å²) in [4.78, 5) is 2.53. The van der Waals surface area contributed by atoms with E-state index < -0.39 is 0 Å². The molecule has 3 heteroatoms. The van der Waals surface area contributed by atoms with Crippen LogP contribution < -0.4 is 15.0 Å². The molecule has 18 heavy (non-hydrogen) atoms. The molecule has 1 aromatic carbocycles. The van der Waals surface area contributed by atoms with E-state index >= 15 is 0 Å². The summed E-state index contributed by atoms with van der Waals surface area (Å²) in [6.45, 7) is 4.43. The maximum Gasteiger partial charge on any atom is 0.119 e. The van der Waals surface area contributed by atoms with Crippen LogP contribution in [0.3, 0.4) is 0 Å². The van der Waals surface area contributed by atoms with Crippen LogP contribution in [-0.4, -0.2) is 33.3 Å². The van der Waals surface area contributed by atoms with Crippen molar-refractivity contribution in [1.82, 2.24) is 5.32 Å². The van der Waals surface area contributed by atoms with E-state index in [1.54, 1.807) is 7.11 Å². The molecule has 1 N–H and O–H groups in total. The van der Waals surface area contributed by atoms with Crippen LogP contribution in [-0.2, 0) is 6.42 Å². The second kappa shape index (κ2) is 6.10. The second-order valence-corrected chi connectivity index (χ2v) is 4.88. The minimum absolute atomic E-state index is 0.658. The summed E-state index contributed by atoms with van der Waals surface area (Å²) in [6.07, 6.45) is 3.65. The van der Waals surface area contributed by atoms with E-state index in [2.05, 4.69) is 35.3 Å². The number of benzene rings is 1. The first-order valence-electron chi connectivity index (χ1n) is 6.88. The number of methoxy groups -OCH3 is 1. The third-order valence-electron chi connectivity index (χ3n) is 3.80. The van der Waals surface area contributed by atoms with Gasteiger partial charge in [-0.25, -0.2) is 0 Å². The minimum Gasteiger partial charge on any atom is -0.497 e. The molecule has 0 saturated carbocycles. The number of rotatable bonds is 6. The van der Waals surface area contributed by atoms with E-state index in [-0.39, 0.29) is 0 Å². The Hall–Kier alpha value is -1.22. The maximum absolute atomic E-state index is 5.31. The van der Waals surface area contributed by atoms with E-state index in [1.165, 1.54) is 24.1 Å². The SMILES string of the molecule is CCN1c2ccc(OC)cc2CC1CCCNC. The number of fused-ring (bicyclic) bond motifs is 1. The zero-order valence-corrected chi connectivity index (χ0v) is 11.7. The molecule has 0 aromatic heterocycles. The summed E-state index contributed by atoms with van der Waals surface area (Å²) in [5.74, 6) is 0.973. The lowest BCUT2D eigenvalue weighted by Crippen LogP contribution is -2.32. The molecule has 0 spiro atoms. The van der Waals surface area contributed by atoms with Gasteiger partial charge in [-0.15, -0.1) is 0 Å². The molecule has 1 aliphatic heterocycles. The third-order valence-corrected chi connectivity index (χ3v) is 3.80. The van der Waals surface area contributed by atoms with Crippen LogP contribution in [0.2, 0.25) is 0 Å². The highest BCUT2D eigenvalue weighted by Crippen LogP contribution is 2.35. The number of likely N-dealkylation sites (N-methyl/N-ethyl adjacent to an activating group) is 1. The van der Waals surface area contributed by atoms with Gasteiger partial charge in [-0.2, -0.15) is 0 Å². The number of anilines is 1. The smallest absolute Gasteiger partial charge is 0.119 e. The van der Waals surface area contributed by atoms with Crippen LogP contribution in [0.5, 0.6) is 5.75 Å². The maximum atomic E-state index is 5.31. The number of hydrogen-bond donors (Lipinski definition) is 1. The number of hydrogen-bond acceptors (Lipinski definition) is 3. The zero-order valence-electron chi connectivity index (χ0n) is 11.7. The van der Waals surface area contributed by atoms with Crippen molar-refractivity contribution < 1.29 is 4.74 Å². The minimum atomic E-state index is 0.658. The van der Waals surface area contributed by atoms with Gasteiger partial charge >= 0.3 is 0 Å². The summed E-state index contributed by atoms with van der Waals surface area (Å²) in [5.41, 5.74) is 2.83. The molecule has 2 rings (SSSR count). The number of nitrogens with zero attached hydrogens (tertiary/aromatic N) is 1. The van der Waals surface area contributed by atoms with Crippen molar-refractivity contribution >= 4 is 5.69 Å². The quantitative estimate of drug-likeness (QED) is 0.783. The van der Waals surface area contributed by atoms with Crippen LogP contribution in [0, 0.1) is 0 Å². The first-order chi connectivity index (χ1) is 8.80. The molecular weight excluding hydrogens is 224 g/mol. The largest absolute Gasteiger partial charge is 0.497 e. The van der Waals surface area contributed by atoms with Crippen molar-refractivity contribution in [3.63, 3.8) is 0 Å². The Balaban J connectivity index is 2.09. The molecule has 1 heterocycles.